The molecular formula is C17H16N2O7. The highest BCUT2D eigenvalue weighted by atomic mass is 16.6. The summed E-state index contributed by atoms with van der Waals surface area (Å²) in [7, 11) is 2.84. The molecule has 0 aliphatic rings. The van der Waals surface area contributed by atoms with Crippen LogP contribution in [-0.2, 0) is 4.79 Å². The molecule has 1 amide bonds. The van der Waals surface area contributed by atoms with Gasteiger partial charge in [0.1, 0.15) is 22.9 Å². The molecule has 9 heteroatoms. The normalized spacial score (nSPS) is 9.92. The third kappa shape index (κ3) is 4.47. The highest BCUT2D eigenvalue weighted by Crippen LogP contribution is 2.29. The summed E-state index contributed by atoms with van der Waals surface area (Å²) in [5, 5.41) is 13.5. The van der Waals surface area contributed by atoms with Crippen molar-refractivity contribution in [1.82, 2.24) is 0 Å². The Morgan fingerprint density at radius 1 is 1.15 bits per heavy atom. The lowest BCUT2D eigenvalue weighted by molar-refractivity contribution is -0.384. The minimum atomic E-state index is -0.632. The first-order valence-corrected chi connectivity index (χ1v) is 7.36. The molecule has 0 spiro atoms. The number of ether oxygens (including phenoxy) is 3. The van der Waals surface area contributed by atoms with Gasteiger partial charge in [-0.1, -0.05) is 0 Å². The molecule has 0 unspecified atom stereocenters. The van der Waals surface area contributed by atoms with E-state index in [1.807, 2.05) is 0 Å². The molecule has 1 N–H and O–H groups in total. The van der Waals surface area contributed by atoms with E-state index >= 15 is 0 Å². The van der Waals surface area contributed by atoms with Crippen molar-refractivity contribution in [2.24, 2.45) is 0 Å². The zero-order valence-corrected chi connectivity index (χ0v) is 14.1. The van der Waals surface area contributed by atoms with Crippen molar-refractivity contribution in [2.45, 2.75) is 0 Å². The SMILES string of the molecule is COc1ccc(OCC(=O)Nc2ccc(OC)cc2[N+](=O)[O-])c(C=O)c1. The number of benzene rings is 2. The Kier molecular flexibility index (Phi) is 6.10. The van der Waals surface area contributed by atoms with Crippen molar-refractivity contribution < 1.29 is 28.7 Å². The van der Waals surface area contributed by atoms with Crippen LogP contribution in [0.2, 0.25) is 0 Å². The average Bonchev–Trinajstić information content (AvgIpc) is 2.66. The van der Waals surface area contributed by atoms with Crippen molar-refractivity contribution in [1.29, 1.82) is 0 Å². The fourth-order valence-electron chi connectivity index (χ4n) is 2.10. The van der Waals surface area contributed by atoms with Crippen LogP contribution in [0.1, 0.15) is 10.4 Å². The van der Waals surface area contributed by atoms with Crippen LogP contribution in [0, 0.1) is 10.1 Å². The third-order valence-electron chi connectivity index (χ3n) is 3.38. The standard InChI is InChI=1S/C17H16N2O7/c1-24-12-4-6-16(11(7-12)9-20)26-10-17(21)18-14-5-3-13(25-2)8-15(14)19(22)23/h3-9H,10H2,1-2H3,(H,18,21). The quantitative estimate of drug-likeness (QED) is 0.436. The molecule has 0 fully saturated rings. The number of nitro groups is 1. The maximum absolute atomic E-state index is 12.0. The lowest BCUT2D eigenvalue weighted by Crippen LogP contribution is -2.21. The molecule has 2 aromatic carbocycles. The number of anilines is 1. The van der Waals surface area contributed by atoms with Gasteiger partial charge in [0.2, 0.25) is 0 Å². The Morgan fingerprint density at radius 3 is 2.42 bits per heavy atom. The monoisotopic (exact) mass is 360 g/mol. The second-order valence-electron chi connectivity index (χ2n) is 5.00. The number of carbonyl (C=O) groups is 2. The molecule has 0 aromatic heterocycles. The summed E-state index contributed by atoms with van der Waals surface area (Å²) < 4.78 is 15.2. The summed E-state index contributed by atoms with van der Waals surface area (Å²) in [4.78, 5) is 33.6. The molecular weight excluding hydrogens is 344 g/mol. The summed E-state index contributed by atoms with van der Waals surface area (Å²) in [6.07, 6.45) is 0.573. The van der Waals surface area contributed by atoms with Gasteiger partial charge in [-0.2, -0.15) is 0 Å². The van der Waals surface area contributed by atoms with E-state index in [1.165, 1.54) is 44.6 Å². The Morgan fingerprint density at radius 2 is 1.81 bits per heavy atom. The molecule has 9 nitrogen and oxygen atoms in total. The van der Waals surface area contributed by atoms with Crippen LogP contribution >= 0.6 is 0 Å². The number of methoxy groups -OCH3 is 2. The van der Waals surface area contributed by atoms with Crippen LogP contribution in [0.3, 0.4) is 0 Å². The van der Waals surface area contributed by atoms with Crippen LogP contribution < -0.4 is 19.5 Å². The Labute approximate surface area is 148 Å². The predicted octanol–water partition coefficient (Wildman–Crippen LogP) is 2.44. The summed E-state index contributed by atoms with van der Waals surface area (Å²) >= 11 is 0. The number of nitrogens with zero attached hydrogens (tertiary/aromatic N) is 1. The molecule has 26 heavy (non-hydrogen) atoms. The molecule has 0 atom stereocenters. The van der Waals surface area contributed by atoms with E-state index < -0.39 is 17.4 Å². The molecule has 0 aliphatic heterocycles. The van der Waals surface area contributed by atoms with Crippen LogP contribution in [0.15, 0.2) is 36.4 Å². The summed E-state index contributed by atoms with van der Waals surface area (Å²) in [5.41, 5.74) is -0.0851. The van der Waals surface area contributed by atoms with Crippen LogP contribution in [-0.4, -0.2) is 37.9 Å². The Balaban J connectivity index is 2.08. The lowest BCUT2D eigenvalue weighted by Gasteiger charge is -2.11. The molecule has 0 heterocycles. The number of hydrogen-bond acceptors (Lipinski definition) is 7. The van der Waals surface area contributed by atoms with Gasteiger partial charge in [-0.3, -0.25) is 19.7 Å². The molecule has 136 valence electrons. The molecule has 2 rings (SSSR count). The number of amides is 1. The first-order chi connectivity index (χ1) is 12.5. The predicted molar refractivity (Wildman–Crippen MR) is 92.2 cm³/mol. The largest absolute Gasteiger partial charge is 0.497 e. The van der Waals surface area contributed by atoms with Gasteiger partial charge >= 0.3 is 0 Å². The molecule has 0 radical (unpaired) electrons. The van der Waals surface area contributed by atoms with Crippen molar-refractivity contribution in [2.75, 3.05) is 26.1 Å². The highest BCUT2D eigenvalue weighted by Gasteiger charge is 2.17. The number of nitro benzene ring substituents is 1. The first-order valence-electron chi connectivity index (χ1n) is 7.36. The van der Waals surface area contributed by atoms with Gasteiger partial charge in [0, 0.05) is 0 Å². The molecule has 0 bridgehead atoms. The van der Waals surface area contributed by atoms with Crippen LogP contribution in [0.4, 0.5) is 11.4 Å². The Hall–Kier alpha value is -3.62. The zero-order chi connectivity index (χ0) is 19.1. The highest BCUT2D eigenvalue weighted by molar-refractivity contribution is 5.94. The van der Waals surface area contributed by atoms with Crippen LogP contribution in [0.5, 0.6) is 17.2 Å². The van der Waals surface area contributed by atoms with Gasteiger partial charge in [0.05, 0.1) is 30.8 Å². The topological polar surface area (TPSA) is 117 Å². The van der Waals surface area contributed by atoms with Crippen molar-refractivity contribution >= 4 is 23.6 Å². The second kappa shape index (κ2) is 8.47. The number of aldehydes is 1. The number of nitrogens with one attached hydrogen (secondary N) is 1. The average molecular weight is 360 g/mol. The maximum atomic E-state index is 12.0. The van der Waals surface area contributed by atoms with E-state index in [1.54, 1.807) is 6.07 Å². The number of carbonyl (C=O) groups excluding carboxylic acids is 2. The third-order valence-corrected chi connectivity index (χ3v) is 3.38. The van der Waals surface area contributed by atoms with E-state index in [0.29, 0.717) is 17.8 Å². The second-order valence-corrected chi connectivity index (χ2v) is 5.00. The minimum absolute atomic E-state index is 0.00902. The fraction of sp³-hybridized carbons (Fsp3) is 0.176. The van der Waals surface area contributed by atoms with E-state index in [2.05, 4.69) is 5.32 Å². The fourth-order valence-corrected chi connectivity index (χ4v) is 2.10. The first kappa shape index (κ1) is 18.7. The van der Waals surface area contributed by atoms with E-state index in [9.17, 15) is 19.7 Å². The van der Waals surface area contributed by atoms with Crippen molar-refractivity contribution in [3.63, 3.8) is 0 Å². The summed E-state index contributed by atoms with van der Waals surface area (Å²) in [6.45, 7) is -0.434. The summed E-state index contributed by atoms with van der Waals surface area (Å²) in [5.74, 6) is 0.337. The summed E-state index contributed by atoms with van der Waals surface area (Å²) in [6, 6.07) is 8.58. The van der Waals surface area contributed by atoms with Gasteiger partial charge in [0.15, 0.2) is 12.9 Å². The zero-order valence-electron chi connectivity index (χ0n) is 14.1. The van der Waals surface area contributed by atoms with Gasteiger partial charge in [0.25, 0.3) is 11.6 Å². The molecule has 0 aliphatic carbocycles. The van der Waals surface area contributed by atoms with E-state index in [4.69, 9.17) is 14.2 Å². The van der Waals surface area contributed by atoms with E-state index in [0.717, 1.165) is 0 Å². The number of hydrogen-bond donors (Lipinski definition) is 1. The maximum Gasteiger partial charge on any atom is 0.296 e. The molecule has 0 saturated heterocycles. The van der Waals surface area contributed by atoms with Gasteiger partial charge in [-0.15, -0.1) is 0 Å². The Bertz CT molecular complexity index is 836. The number of rotatable bonds is 8. The van der Waals surface area contributed by atoms with Gasteiger partial charge in [-0.25, -0.2) is 0 Å². The molecule has 0 saturated carbocycles. The van der Waals surface area contributed by atoms with Gasteiger partial charge in [-0.05, 0) is 30.3 Å². The lowest BCUT2D eigenvalue weighted by atomic mass is 10.2. The minimum Gasteiger partial charge on any atom is -0.497 e. The van der Waals surface area contributed by atoms with Crippen LogP contribution in [0.25, 0.3) is 0 Å². The smallest absolute Gasteiger partial charge is 0.296 e. The molecule has 2 aromatic rings. The van der Waals surface area contributed by atoms with E-state index in [-0.39, 0.29) is 22.7 Å². The van der Waals surface area contributed by atoms with Gasteiger partial charge < -0.3 is 19.5 Å². The van der Waals surface area contributed by atoms with Crippen molar-refractivity contribution in [3.05, 3.63) is 52.1 Å². The van der Waals surface area contributed by atoms with Crippen molar-refractivity contribution in [3.8, 4) is 17.2 Å².